The molecule has 1 aliphatic rings. The Balaban J connectivity index is 2.52. The molecule has 202 valence electrons. The van der Waals surface area contributed by atoms with E-state index >= 15 is 0 Å². The quantitative estimate of drug-likeness (QED) is 0.395. The van der Waals surface area contributed by atoms with Crippen molar-refractivity contribution < 1.29 is 19.1 Å². The first-order valence-electron chi connectivity index (χ1n) is 13.5. The molecule has 0 spiro atoms. The van der Waals surface area contributed by atoms with Gasteiger partial charge in [-0.1, -0.05) is 69.9 Å². The molecule has 2 rings (SSSR count). The maximum Gasteiger partial charge on any atom is 0.408 e. The third kappa shape index (κ3) is 8.24. The van der Waals surface area contributed by atoms with E-state index in [2.05, 4.69) is 30.5 Å². The van der Waals surface area contributed by atoms with Gasteiger partial charge in [-0.3, -0.25) is 9.59 Å². The van der Waals surface area contributed by atoms with Gasteiger partial charge in [0, 0.05) is 12.6 Å². The molecule has 1 saturated carbocycles. The lowest BCUT2D eigenvalue weighted by atomic mass is 9.94. The summed E-state index contributed by atoms with van der Waals surface area (Å²) >= 11 is 0. The highest BCUT2D eigenvalue weighted by Crippen LogP contribution is 2.41. The molecule has 3 amide bonds. The first-order valence-corrected chi connectivity index (χ1v) is 13.5. The molecule has 7 heteroatoms. The van der Waals surface area contributed by atoms with Crippen molar-refractivity contribution >= 4 is 17.9 Å². The monoisotopic (exact) mass is 501 g/mol. The number of alkyl carbamates (subject to hydrolysis) is 1. The van der Waals surface area contributed by atoms with Gasteiger partial charge in [0.1, 0.15) is 17.7 Å². The largest absolute Gasteiger partial charge is 0.444 e. The number of rotatable bonds is 11. The van der Waals surface area contributed by atoms with E-state index in [1.54, 1.807) is 25.7 Å². The van der Waals surface area contributed by atoms with Gasteiger partial charge in [-0.15, -0.1) is 0 Å². The van der Waals surface area contributed by atoms with Crippen molar-refractivity contribution in [1.29, 1.82) is 0 Å². The maximum absolute atomic E-state index is 14.3. The Morgan fingerprint density at radius 2 is 1.69 bits per heavy atom. The Bertz CT molecular complexity index is 903. The number of nitrogens with zero attached hydrogens (tertiary/aromatic N) is 1. The number of hydrogen-bond donors (Lipinski definition) is 2. The summed E-state index contributed by atoms with van der Waals surface area (Å²) in [5.41, 5.74) is 2.20. The van der Waals surface area contributed by atoms with Gasteiger partial charge in [0.25, 0.3) is 0 Å². The van der Waals surface area contributed by atoms with Crippen LogP contribution in [0, 0.1) is 25.7 Å². The smallest absolute Gasteiger partial charge is 0.408 e. The van der Waals surface area contributed by atoms with Crippen molar-refractivity contribution in [2.45, 2.75) is 112 Å². The van der Waals surface area contributed by atoms with Crippen molar-refractivity contribution in [2.75, 3.05) is 6.54 Å². The van der Waals surface area contributed by atoms with Gasteiger partial charge < -0.3 is 20.3 Å². The van der Waals surface area contributed by atoms with Crippen molar-refractivity contribution in [3.63, 3.8) is 0 Å². The first kappa shape index (κ1) is 29.7. The zero-order chi connectivity index (χ0) is 27.2. The summed E-state index contributed by atoms with van der Waals surface area (Å²) < 4.78 is 5.48. The lowest BCUT2D eigenvalue weighted by molar-refractivity contribution is -0.144. The summed E-state index contributed by atoms with van der Waals surface area (Å²) in [4.78, 5) is 42.4. The van der Waals surface area contributed by atoms with E-state index in [0.29, 0.717) is 13.0 Å². The Morgan fingerprint density at radius 3 is 2.17 bits per heavy atom. The molecule has 7 nitrogen and oxygen atoms in total. The van der Waals surface area contributed by atoms with Crippen LogP contribution in [0.4, 0.5) is 4.79 Å². The number of hydrogen-bond acceptors (Lipinski definition) is 4. The van der Waals surface area contributed by atoms with Crippen molar-refractivity contribution in [3.05, 3.63) is 34.9 Å². The molecule has 0 heterocycles. The van der Waals surface area contributed by atoms with Crippen LogP contribution in [-0.2, 0) is 14.3 Å². The van der Waals surface area contributed by atoms with Gasteiger partial charge in [-0.2, -0.15) is 0 Å². The normalized spacial score (nSPS) is 19.6. The molecule has 0 saturated heterocycles. The number of benzene rings is 1. The van der Waals surface area contributed by atoms with Crippen LogP contribution in [-0.4, -0.2) is 47.0 Å². The van der Waals surface area contributed by atoms with Gasteiger partial charge in [-0.25, -0.2) is 4.79 Å². The summed E-state index contributed by atoms with van der Waals surface area (Å²) in [5.74, 6) is -0.269. The Labute approximate surface area is 217 Å². The first-order chi connectivity index (χ1) is 16.8. The molecule has 5 unspecified atom stereocenters. The molecular formula is C29H47N3O4. The number of unbranched alkanes of at least 4 members (excludes halogenated alkanes) is 1. The second-order valence-corrected chi connectivity index (χ2v) is 11.5. The highest BCUT2D eigenvalue weighted by Gasteiger charge is 2.48. The minimum Gasteiger partial charge on any atom is -0.444 e. The number of nitrogens with one attached hydrogen (secondary N) is 2. The van der Waals surface area contributed by atoms with E-state index in [-0.39, 0.29) is 29.7 Å². The summed E-state index contributed by atoms with van der Waals surface area (Å²) in [6.45, 7) is 18.0. The SMILES string of the molecule is CCCCNC(=O)C(c1cc(C)cc(C)c1)N(C(=O)C(NC(=O)OC(C)(C)C)C(C)CC)C1CC1C. The minimum absolute atomic E-state index is 0.0627. The molecule has 1 aliphatic carbocycles. The van der Waals surface area contributed by atoms with E-state index in [4.69, 9.17) is 4.74 Å². The fourth-order valence-corrected chi connectivity index (χ4v) is 4.54. The molecular weight excluding hydrogens is 454 g/mol. The van der Waals surface area contributed by atoms with Crippen molar-refractivity contribution in [3.8, 4) is 0 Å². The summed E-state index contributed by atoms with van der Waals surface area (Å²) in [5, 5.41) is 5.90. The number of aryl methyl sites for hydroxylation is 2. The molecule has 0 aliphatic heterocycles. The fourth-order valence-electron chi connectivity index (χ4n) is 4.54. The molecule has 1 aromatic rings. The highest BCUT2D eigenvalue weighted by atomic mass is 16.6. The molecule has 2 N–H and O–H groups in total. The summed E-state index contributed by atoms with van der Waals surface area (Å²) in [6.07, 6.45) is 2.73. The van der Waals surface area contributed by atoms with Gasteiger partial charge in [0.05, 0.1) is 0 Å². The molecule has 0 aromatic heterocycles. The maximum atomic E-state index is 14.3. The van der Waals surface area contributed by atoms with E-state index in [9.17, 15) is 14.4 Å². The number of amides is 3. The van der Waals surface area contributed by atoms with Crippen LogP contribution in [0.2, 0.25) is 0 Å². The predicted octanol–water partition coefficient (Wildman–Crippen LogP) is 5.44. The van der Waals surface area contributed by atoms with Crippen LogP contribution in [0.1, 0.15) is 96.9 Å². The third-order valence-electron chi connectivity index (χ3n) is 6.75. The minimum atomic E-state index is -0.797. The molecule has 0 radical (unpaired) electrons. The zero-order valence-electron chi connectivity index (χ0n) is 23.7. The number of carbonyl (C=O) groups excluding carboxylic acids is 3. The average molecular weight is 502 g/mol. The lowest BCUT2D eigenvalue weighted by Gasteiger charge is -2.36. The van der Waals surface area contributed by atoms with Gasteiger partial charge in [0.2, 0.25) is 11.8 Å². The highest BCUT2D eigenvalue weighted by molar-refractivity contribution is 5.92. The molecule has 1 aromatic carbocycles. The van der Waals surface area contributed by atoms with E-state index < -0.39 is 23.8 Å². The van der Waals surface area contributed by atoms with Crippen molar-refractivity contribution in [1.82, 2.24) is 15.5 Å². The molecule has 36 heavy (non-hydrogen) atoms. The topological polar surface area (TPSA) is 87.7 Å². The van der Waals surface area contributed by atoms with E-state index in [1.807, 2.05) is 39.8 Å². The van der Waals surface area contributed by atoms with Crippen LogP contribution >= 0.6 is 0 Å². The standard InChI is InChI=1S/C29H47N3O4/c1-10-12-13-30-26(33)25(22-15-18(3)14-19(4)16-22)32(23-17-21(23)6)27(34)24(20(5)11-2)31-28(35)36-29(7,8)9/h14-16,20-21,23-25H,10-13,17H2,1-9H3,(H,30,33)(H,31,35). The van der Waals surface area contributed by atoms with Crippen LogP contribution in [0.25, 0.3) is 0 Å². The van der Waals surface area contributed by atoms with E-state index in [0.717, 1.165) is 36.0 Å². The third-order valence-corrected chi connectivity index (χ3v) is 6.75. The van der Waals surface area contributed by atoms with E-state index in [1.165, 1.54) is 0 Å². The van der Waals surface area contributed by atoms with Gasteiger partial charge in [0.15, 0.2) is 0 Å². The Kier molecular flexibility index (Phi) is 10.4. The molecule has 5 atom stereocenters. The number of ether oxygens (including phenoxy) is 1. The lowest BCUT2D eigenvalue weighted by Crippen LogP contribution is -2.56. The van der Waals surface area contributed by atoms with Crippen LogP contribution < -0.4 is 10.6 Å². The summed E-state index contributed by atoms with van der Waals surface area (Å²) in [6, 6.07) is 4.41. The predicted molar refractivity (Wildman–Crippen MR) is 144 cm³/mol. The second-order valence-electron chi connectivity index (χ2n) is 11.5. The van der Waals surface area contributed by atoms with Crippen LogP contribution in [0.15, 0.2) is 18.2 Å². The van der Waals surface area contributed by atoms with Crippen LogP contribution in [0.3, 0.4) is 0 Å². The van der Waals surface area contributed by atoms with Crippen LogP contribution in [0.5, 0.6) is 0 Å². The summed E-state index contributed by atoms with van der Waals surface area (Å²) in [7, 11) is 0. The Hall–Kier alpha value is -2.57. The fraction of sp³-hybridized carbons (Fsp3) is 0.690. The molecule has 0 bridgehead atoms. The van der Waals surface area contributed by atoms with Crippen molar-refractivity contribution in [2.24, 2.45) is 11.8 Å². The van der Waals surface area contributed by atoms with Gasteiger partial charge >= 0.3 is 6.09 Å². The Morgan fingerprint density at radius 1 is 1.11 bits per heavy atom. The second kappa shape index (κ2) is 12.6. The molecule has 1 fully saturated rings. The average Bonchev–Trinajstić information content (AvgIpc) is 3.48. The number of carbonyl (C=O) groups is 3. The van der Waals surface area contributed by atoms with Gasteiger partial charge in [-0.05, 0) is 64.9 Å². The zero-order valence-corrected chi connectivity index (χ0v) is 23.7.